The maximum atomic E-state index is 12.2. The van der Waals surface area contributed by atoms with Crippen molar-refractivity contribution in [2.75, 3.05) is 13.6 Å². The molecule has 6 rings (SSSR count). The molecule has 0 aliphatic heterocycles. The van der Waals surface area contributed by atoms with Crippen molar-refractivity contribution in [2.45, 2.75) is 12.8 Å². The van der Waals surface area contributed by atoms with Crippen LogP contribution in [-0.4, -0.2) is 24.4 Å². The van der Waals surface area contributed by atoms with E-state index in [1.54, 1.807) is 13.1 Å². The molecule has 4 aromatic rings. The van der Waals surface area contributed by atoms with Crippen molar-refractivity contribution < 1.29 is 4.79 Å². The first kappa shape index (κ1) is 22.3. The van der Waals surface area contributed by atoms with Crippen LogP contribution in [0.4, 0.5) is 0 Å². The van der Waals surface area contributed by atoms with Gasteiger partial charge in [0.15, 0.2) is 6.07 Å². The van der Waals surface area contributed by atoms with E-state index >= 15 is 0 Å². The highest BCUT2D eigenvalue weighted by Gasteiger charge is 2.34. The Bertz CT molecular complexity index is 1840. The molecule has 4 aromatic carbocycles. The molecule has 5 nitrogen and oxygen atoms in total. The van der Waals surface area contributed by atoms with E-state index in [0.29, 0.717) is 17.7 Å². The molecule has 2 aliphatic carbocycles. The number of likely N-dealkylation sites (N-methyl/N-ethyl adjacent to an activating group) is 1. The maximum Gasteiger partial charge on any atom is 0.324 e. The smallest absolute Gasteiger partial charge is 0.324 e. The molecule has 5 heteroatoms. The number of carbonyl (C=O) groups is 1. The summed E-state index contributed by atoms with van der Waals surface area (Å²) in [6.07, 6.45) is 0. The van der Waals surface area contributed by atoms with Crippen LogP contribution in [0.25, 0.3) is 38.6 Å². The molecule has 2 aliphatic rings. The van der Waals surface area contributed by atoms with E-state index in [9.17, 15) is 20.6 Å². The Balaban J connectivity index is 1.65. The first-order valence-electron chi connectivity index (χ1n) is 12.0. The fraction of sp³-hybridized carbons (Fsp3) is 0.125. The lowest BCUT2D eigenvalue weighted by molar-refractivity contribution is -0.124. The van der Waals surface area contributed by atoms with Gasteiger partial charge in [0.25, 0.3) is 0 Å². The van der Waals surface area contributed by atoms with E-state index in [2.05, 4.69) is 48.5 Å². The van der Waals surface area contributed by atoms with Crippen LogP contribution in [0, 0.1) is 34.0 Å². The summed E-state index contributed by atoms with van der Waals surface area (Å²) >= 11 is 0. The number of hydrogen-bond acceptors (Lipinski definition) is 4. The van der Waals surface area contributed by atoms with Crippen LogP contribution < -0.4 is 0 Å². The summed E-state index contributed by atoms with van der Waals surface area (Å²) in [5.74, 6) is -0.653. The van der Waals surface area contributed by atoms with Gasteiger partial charge in [-0.3, -0.25) is 4.79 Å². The summed E-state index contributed by atoms with van der Waals surface area (Å²) in [6, 6.07) is 28.6. The normalized spacial score (nSPS) is 15.5. The summed E-state index contributed by atoms with van der Waals surface area (Å²) in [6.45, 7) is 2.21. The molecule has 0 saturated heterocycles. The summed E-state index contributed by atoms with van der Waals surface area (Å²) < 4.78 is 0. The lowest BCUT2D eigenvalue weighted by Crippen LogP contribution is -2.29. The third-order valence-corrected chi connectivity index (χ3v) is 7.62. The van der Waals surface area contributed by atoms with Gasteiger partial charge in [0.05, 0.1) is 17.7 Å². The van der Waals surface area contributed by atoms with Gasteiger partial charge in [0.1, 0.15) is 0 Å². The topological polar surface area (TPSA) is 91.7 Å². The van der Waals surface area contributed by atoms with Crippen molar-refractivity contribution in [3.63, 3.8) is 0 Å². The largest absolute Gasteiger partial charge is 0.332 e. The van der Waals surface area contributed by atoms with Crippen LogP contribution in [0.5, 0.6) is 0 Å². The van der Waals surface area contributed by atoms with Crippen molar-refractivity contribution >= 4 is 22.3 Å². The number of fused-ring (bicyclic) bond motifs is 9. The molecule has 0 N–H and O–H groups in total. The van der Waals surface area contributed by atoms with E-state index in [-0.39, 0.29) is 5.92 Å². The van der Waals surface area contributed by atoms with E-state index in [4.69, 9.17) is 0 Å². The van der Waals surface area contributed by atoms with E-state index in [0.717, 1.165) is 60.9 Å². The van der Waals surface area contributed by atoms with Crippen LogP contribution in [0.15, 0.2) is 72.3 Å². The SMILES string of the molecule is C/C(C#N)=C1/c2cc(C#N)ccc2-c2ccc3c4c(ccc3c21)-c1ccccc1C4CN(C)C(=O)C#N. The number of allylic oxidation sites excluding steroid dienone is 1. The first-order valence-corrected chi connectivity index (χ1v) is 12.0. The molecule has 1 unspecified atom stereocenters. The molecule has 174 valence electrons. The molecule has 0 fully saturated rings. The van der Waals surface area contributed by atoms with Gasteiger partial charge in [-0.15, -0.1) is 0 Å². The number of benzene rings is 4. The van der Waals surface area contributed by atoms with Gasteiger partial charge in [-0.2, -0.15) is 15.8 Å². The molecular weight excluding hydrogens is 456 g/mol. The summed E-state index contributed by atoms with van der Waals surface area (Å²) in [5, 5.41) is 30.7. The number of nitriles is 3. The monoisotopic (exact) mass is 476 g/mol. The predicted molar refractivity (Wildman–Crippen MR) is 142 cm³/mol. The van der Waals surface area contributed by atoms with Crippen molar-refractivity contribution in [1.29, 1.82) is 15.8 Å². The molecule has 1 atom stereocenters. The Labute approximate surface area is 214 Å². The number of carbonyl (C=O) groups excluding carboxylic acids is 1. The molecule has 1 amide bonds. The second-order valence-electron chi connectivity index (χ2n) is 9.53. The summed E-state index contributed by atoms with van der Waals surface area (Å²) in [5.41, 5.74) is 10.5. The standard InChI is InChI=1S/C32H20N4O/c1-18(14-33)30-27-13-19(15-34)7-8-22(27)24-10-11-25-26(32(24)30)12-9-23-20-5-3-4-6-21(20)28(31(23)25)17-36(2)29(37)16-35/h3-13,28H,17H2,1-2H3/b30-18+. The third kappa shape index (κ3) is 3.10. The van der Waals surface area contributed by atoms with Gasteiger partial charge in [0, 0.05) is 30.7 Å². The Morgan fingerprint density at radius 2 is 1.57 bits per heavy atom. The van der Waals surface area contributed by atoms with Crippen LogP contribution in [0.2, 0.25) is 0 Å². The van der Waals surface area contributed by atoms with Gasteiger partial charge < -0.3 is 4.90 Å². The first-order chi connectivity index (χ1) is 18.0. The lowest BCUT2D eigenvalue weighted by atomic mass is 9.87. The van der Waals surface area contributed by atoms with Crippen molar-refractivity contribution in [3.8, 4) is 40.5 Å². The van der Waals surface area contributed by atoms with Gasteiger partial charge in [-0.05, 0) is 74.3 Å². The Morgan fingerprint density at radius 1 is 0.838 bits per heavy atom. The quantitative estimate of drug-likeness (QED) is 0.226. The zero-order valence-electron chi connectivity index (χ0n) is 20.3. The predicted octanol–water partition coefficient (Wildman–Crippen LogP) is 6.13. The lowest BCUT2D eigenvalue weighted by Gasteiger charge is -2.22. The summed E-state index contributed by atoms with van der Waals surface area (Å²) in [7, 11) is 1.66. The number of amides is 1. The number of hydrogen-bond donors (Lipinski definition) is 0. The highest BCUT2D eigenvalue weighted by atomic mass is 16.2. The Kier molecular flexibility index (Phi) is 4.94. The molecule has 0 saturated carbocycles. The average molecular weight is 477 g/mol. The second-order valence-corrected chi connectivity index (χ2v) is 9.53. The van der Waals surface area contributed by atoms with Gasteiger partial charge >= 0.3 is 5.91 Å². The minimum absolute atomic E-state index is 0.0892. The van der Waals surface area contributed by atoms with E-state index < -0.39 is 5.91 Å². The fourth-order valence-corrected chi connectivity index (χ4v) is 6.00. The molecule has 0 heterocycles. The van der Waals surface area contributed by atoms with Crippen molar-refractivity contribution in [2.24, 2.45) is 0 Å². The second kappa shape index (κ2) is 8.20. The van der Waals surface area contributed by atoms with E-state index in [1.165, 1.54) is 4.90 Å². The molecule has 0 aromatic heterocycles. The van der Waals surface area contributed by atoms with Gasteiger partial charge in [-0.25, -0.2) is 0 Å². The van der Waals surface area contributed by atoms with Crippen LogP contribution in [0.1, 0.15) is 40.7 Å². The average Bonchev–Trinajstić information content (AvgIpc) is 3.44. The number of rotatable bonds is 2. The zero-order chi connectivity index (χ0) is 25.8. The van der Waals surface area contributed by atoms with Gasteiger partial charge in [0.2, 0.25) is 0 Å². The van der Waals surface area contributed by atoms with Crippen LogP contribution in [-0.2, 0) is 4.79 Å². The third-order valence-electron chi connectivity index (χ3n) is 7.62. The highest BCUT2D eigenvalue weighted by Crippen LogP contribution is 2.53. The number of nitrogens with zero attached hydrogens (tertiary/aromatic N) is 4. The fourth-order valence-electron chi connectivity index (χ4n) is 6.00. The van der Waals surface area contributed by atoms with E-state index in [1.807, 2.05) is 37.3 Å². The molecule has 37 heavy (non-hydrogen) atoms. The minimum atomic E-state index is -0.564. The summed E-state index contributed by atoms with van der Waals surface area (Å²) in [4.78, 5) is 13.7. The maximum absolute atomic E-state index is 12.2. The Hall–Kier alpha value is -5.18. The highest BCUT2D eigenvalue weighted by molar-refractivity contribution is 6.14. The van der Waals surface area contributed by atoms with Crippen molar-refractivity contribution in [1.82, 2.24) is 4.90 Å². The molecule has 0 bridgehead atoms. The van der Waals surface area contributed by atoms with Crippen molar-refractivity contribution in [3.05, 3.63) is 100 Å². The van der Waals surface area contributed by atoms with Gasteiger partial charge in [-0.1, -0.05) is 54.6 Å². The van der Waals surface area contributed by atoms with Crippen LogP contribution in [0.3, 0.4) is 0 Å². The Morgan fingerprint density at radius 3 is 2.32 bits per heavy atom. The zero-order valence-corrected chi connectivity index (χ0v) is 20.3. The molecule has 0 radical (unpaired) electrons. The van der Waals surface area contributed by atoms with Crippen LogP contribution >= 0.6 is 0 Å². The minimum Gasteiger partial charge on any atom is -0.332 e. The molecule has 0 spiro atoms. The molecular formula is C32H20N4O.